The normalized spacial score (nSPS) is 24.7. The minimum atomic E-state index is -0.350. The van der Waals surface area contributed by atoms with Crippen LogP contribution >= 0.6 is 24.2 Å². The molecule has 1 amide bonds. The monoisotopic (exact) mass is 309 g/mol. The smallest absolute Gasteiger partial charge is 0.237 e. The Bertz CT molecular complexity index is 266. The number of amides is 1. The molecule has 1 rings (SSSR count). The Morgan fingerprint density at radius 2 is 2.16 bits per heavy atom. The molecule has 0 saturated heterocycles. The summed E-state index contributed by atoms with van der Waals surface area (Å²) in [6, 6.07) is 0.544. The molecule has 19 heavy (non-hydrogen) atoms. The van der Waals surface area contributed by atoms with E-state index < -0.39 is 0 Å². The minimum Gasteiger partial charge on any atom is -0.352 e. The third-order valence-electron chi connectivity index (χ3n) is 3.69. The van der Waals surface area contributed by atoms with Crippen molar-refractivity contribution in [3.8, 4) is 0 Å². The summed E-state index contributed by atoms with van der Waals surface area (Å²) in [6.07, 6.45) is 7.36. The Kier molecular flexibility index (Phi) is 9.87. The SMILES string of the molecule is CSCC[C@H](N)C(=O)NC1CCCC(N(C)C)C1.Cl. The molecular formula is C13H28ClN3OS. The topological polar surface area (TPSA) is 58.4 Å². The highest BCUT2D eigenvalue weighted by molar-refractivity contribution is 7.98. The second kappa shape index (κ2) is 9.86. The van der Waals surface area contributed by atoms with Crippen molar-refractivity contribution >= 4 is 30.1 Å². The molecule has 114 valence electrons. The first-order valence-corrected chi connectivity index (χ1v) is 8.15. The number of hydrogen-bond acceptors (Lipinski definition) is 4. The molecule has 1 aliphatic rings. The molecule has 0 aromatic carbocycles. The molecule has 0 radical (unpaired) electrons. The fourth-order valence-corrected chi connectivity index (χ4v) is 2.94. The van der Waals surface area contributed by atoms with E-state index in [0.717, 1.165) is 25.0 Å². The minimum absolute atomic E-state index is 0. The van der Waals surface area contributed by atoms with Gasteiger partial charge in [0, 0.05) is 12.1 Å². The van der Waals surface area contributed by atoms with E-state index in [0.29, 0.717) is 12.1 Å². The lowest BCUT2D eigenvalue weighted by molar-refractivity contribution is -0.123. The molecule has 4 nitrogen and oxygen atoms in total. The molecule has 0 bridgehead atoms. The highest BCUT2D eigenvalue weighted by atomic mass is 35.5. The van der Waals surface area contributed by atoms with Crippen LogP contribution in [-0.2, 0) is 4.79 Å². The average molecular weight is 310 g/mol. The Hall–Kier alpha value is 0.0300. The summed E-state index contributed by atoms with van der Waals surface area (Å²) in [6.45, 7) is 0. The first-order valence-electron chi connectivity index (χ1n) is 6.76. The molecule has 3 atom stereocenters. The number of carbonyl (C=O) groups excluding carboxylic acids is 1. The van der Waals surface area contributed by atoms with Crippen molar-refractivity contribution in [3.05, 3.63) is 0 Å². The van der Waals surface area contributed by atoms with E-state index in [4.69, 9.17) is 5.73 Å². The van der Waals surface area contributed by atoms with Gasteiger partial charge >= 0.3 is 0 Å². The van der Waals surface area contributed by atoms with Gasteiger partial charge in [0.25, 0.3) is 0 Å². The molecule has 3 N–H and O–H groups in total. The maximum Gasteiger partial charge on any atom is 0.237 e. The van der Waals surface area contributed by atoms with E-state index in [-0.39, 0.29) is 24.4 Å². The third-order valence-corrected chi connectivity index (χ3v) is 4.34. The van der Waals surface area contributed by atoms with Crippen LogP contribution in [0.5, 0.6) is 0 Å². The Labute approximate surface area is 127 Å². The molecule has 6 heteroatoms. The number of nitrogens with zero attached hydrogens (tertiary/aromatic N) is 1. The quantitative estimate of drug-likeness (QED) is 0.780. The molecule has 1 saturated carbocycles. The highest BCUT2D eigenvalue weighted by Gasteiger charge is 2.25. The van der Waals surface area contributed by atoms with E-state index in [1.165, 1.54) is 12.8 Å². The fourth-order valence-electron chi connectivity index (χ4n) is 2.45. The van der Waals surface area contributed by atoms with Crippen LogP contribution in [0.4, 0.5) is 0 Å². The van der Waals surface area contributed by atoms with Gasteiger partial charge in [-0.05, 0) is 58.2 Å². The van der Waals surface area contributed by atoms with E-state index in [9.17, 15) is 4.79 Å². The van der Waals surface area contributed by atoms with Crippen LogP contribution in [-0.4, -0.2) is 55.0 Å². The molecule has 0 aliphatic heterocycles. The Morgan fingerprint density at radius 1 is 1.47 bits per heavy atom. The van der Waals surface area contributed by atoms with Crippen LogP contribution < -0.4 is 11.1 Å². The zero-order chi connectivity index (χ0) is 13.5. The Morgan fingerprint density at radius 3 is 2.74 bits per heavy atom. The van der Waals surface area contributed by atoms with Crippen LogP contribution in [0.25, 0.3) is 0 Å². The van der Waals surface area contributed by atoms with Gasteiger partial charge < -0.3 is 16.0 Å². The predicted octanol–water partition coefficient (Wildman–Crippen LogP) is 1.48. The summed E-state index contributed by atoms with van der Waals surface area (Å²) < 4.78 is 0. The molecule has 0 aromatic rings. The predicted molar refractivity (Wildman–Crippen MR) is 86.1 cm³/mol. The van der Waals surface area contributed by atoms with Gasteiger partial charge in [0.05, 0.1) is 6.04 Å². The van der Waals surface area contributed by atoms with Gasteiger partial charge in [-0.2, -0.15) is 11.8 Å². The van der Waals surface area contributed by atoms with Crippen LogP contribution in [0, 0.1) is 0 Å². The lowest BCUT2D eigenvalue weighted by Gasteiger charge is -2.34. The molecule has 1 fully saturated rings. The number of nitrogens with one attached hydrogen (secondary N) is 1. The van der Waals surface area contributed by atoms with Gasteiger partial charge in [-0.1, -0.05) is 0 Å². The summed E-state index contributed by atoms with van der Waals surface area (Å²) in [7, 11) is 4.22. The number of carbonyl (C=O) groups is 1. The summed E-state index contributed by atoms with van der Waals surface area (Å²) in [4.78, 5) is 14.2. The van der Waals surface area contributed by atoms with E-state index in [1.807, 2.05) is 6.26 Å². The maximum atomic E-state index is 11.9. The number of rotatable bonds is 6. The van der Waals surface area contributed by atoms with Crippen molar-refractivity contribution in [1.29, 1.82) is 0 Å². The van der Waals surface area contributed by atoms with Gasteiger partial charge in [-0.15, -0.1) is 12.4 Å². The second-order valence-corrected chi connectivity index (χ2v) is 6.36. The molecule has 1 aliphatic carbocycles. The van der Waals surface area contributed by atoms with Gasteiger partial charge in [0.1, 0.15) is 0 Å². The summed E-state index contributed by atoms with van der Waals surface area (Å²) >= 11 is 1.73. The number of nitrogens with two attached hydrogens (primary N) is 1. The molecular weight excluding hydrogens is 282 g/mol. The summed E-state index contributed by atoms with van der Waals surface area (Å²) in [5.41, 5.74) is 5.88. The zero-order valence-electron chi connectivity index (χ0n) is 12.2. The van der Waals surface area contributed by atoms with Crippen molar-refractivity contribution in [1.82, 2.24) is 10.2 Å². The molecule has 0 aromatic heterocycles. The summed E-state index contributed by atoms with van der Waals surface area (Å²) in [5.74, 6) is 0.966. The first-order chi connectivity index (χ1) is 8.54. The van der Waals surface area contributed by atoms with Gasteiger partial charge in [-0.3, -0.25) is 4.79 Å². The van der Waals surface area contributed by atoms with Crippen LogP contribution in [0.15, 0.2) is 0 Å². The van der Waals surface area contributed by atoms with Crippen molar-refractivity contribution in [2.24, 2.45) is 5.73 Å². The lowest BCUT2D eigenvalue weighted by atomic mass is 9.90. The van der Waals surface area contributed by atoms with Crippen LogP contribution in [0.3, 0.4) is 0 Å². The average Bonchev–Trinajstić information content (AvgIpc) is 2.36. The number of halogens is 1. The molecule has 0 heterocycles. The summed E-state index contributed by atoms with van der Waals surface area (Å²) in [5, 5.41) is 3.11. The van der Waals surface area contributed by atoms with Crippen LogP contribution in [0.2, 0.25) is 0 Å². The van der Waals surface area contributed by atoms with Gasteiger partial charge in [0.15, 0.2) is 0 Å². The van der Waals surface area contributed by atoms with Crippen molar-refractivity contribution in [2.75, 3.05) is 26.1 Å². The standard InChI is InChI=1S/C13H27N3OS.ClH/c1-16(2)11-6-4-5-10(9-11)15-13(17)12(14)7-8-18-3;/h10-12H,4-9,14H2,1-3H3,(H,15,17);1H/t10?,11?,12-;/m0./s1. The fraction of sp³-hybridized carbons (Fsp3) is 0.923. The maximum absolute atomic E-state index is 11.9. The zero-order valence-corrected chi connectivity index (χ0v) is 13.9. The van der Waals surface area contributed by atoms with Gasteiger partial charge in [0.2, 0.25) is 5.91 Å². The van der Waals surface area contributed by atoms with E-state index >= 15 is 0 Å². The highest BCUT2D eigenvalue weighted by Crippen LogP contribution is 2.21. The lowest BCUT2D eigenvalue weighted by Crippen LogP contribution is -2.49. The van der Waals surface area contributed by atoms with Crippen molar-refractivity contribution in [2.45, 2.75) is 50.2 Å². The number of hydrogen-bond donors (Lipinski definition) is 2. The van der Waals surface area contributed by atoms with Crippen molar-refractivity contribution < 1.29 is 4.79 Å². The number of thioether (sulfide) groups is 1. The Balaban J connectivity index is 0.00000324. The van der Waals surface area contributed by atoms with Crippen molar-refractivity contribution in [3.63, 3.8) is 0 Å². The molecule has 2 unspecified atom stereocenters. The second-order valence-electron chi connectivity index (χ2n) is 5.38. The van der Waals surface area contributed by atoms with E-state index in [2.05, 4.69) is 24.3 Å². The van der Waals surface area contributed by atoms with Gasteiger partial charge in [-0.25, -0.2) is 0 Å². The van der Waals surface area contributed by atoms with E-state index in [1.54, 1.807) is 11.8 Å². The largest absolute Gasteiger partial charge is 0.352 e. The molecule has 0 spiro atoms. The third kappa shape index (κ3) is 6.84. The van der Waals surface area contributed by atoms with Crippen LogP contribution in [0.1, 0.15) is 32.1 Å². The first kappa shape index (κ1) is 19.0.